The van der Waals surface area contributed by atoms with Gasteiger partial charge in [-0.3, -0.25) is 0 Å². The molecular weight excluding hydrogens is 825 g/mol. The number of hydrogen-bond donors (Lipinski definition) is 0. The van der Waals surface area contributed by atoms with Gasteiger partial charge in [0.05, 0.1) is 0 Å². The molecule has 1 aliphatic heterocycles. The molecule has 63 heavy (non-hydrogen) atoms. The van der Waals surface area contributed by atoms with Gasteiger partial charge in [-0.15, -0.1) is 0 Å². The summed E-state index contributed by atoms with van der Waals surface area (Å²) in [5.41, 5.74) is 12.2. The third-order valence-corrected chi connectivity index (χ3v) is 23.4. The van der Waals surface area contributed by atoms with E-state index in [1.54, 1.807) is 0 Å². The van der Waals surface area contributed by atoms with Gasteiger partial charge < -0.3 is 0 Å². The fourth-order valence-electron chi connectivity index (χ4n) is 10.7. The summed E-state index contributed by atoms with van der Waals surface area (Å²) >= 11 is -3.86. The van der Waals surface area contributed by atoms with Crippen molar-refractivity contribution in [1.82, 2.24) is 19.1 Å². The van der Waals surface area contributed by atoms with Crippen LogP contribution in [0.3, 0.4) is 0 Å². The van der Waals surface area contributed by atoms with E-state index < -0.39 is 13.3 Å². The molecule has 0 amide bonds. The summed E-state index contributed by atoms with van der Waals surface area (Å²) in [5.74, 6) is 0.724. The van der Waals surface area contributed by atoms with Gasteiger partial charge in [0.15, 0.2) is 0 Å². The SMILES string of the molecule is c1ccc(-c2nc(-c3ccccc3-n3c4ccccc4c4ccc5c6ccccc6n(-c6ccccc6)c5c43)[c]3c(n2)-c2cccc[c]2[Ge]3([c]2ccccc2)[c]2ccccc2)cc1. The Morgan fingerprint density at radius 1 is 0.349 bits per heavy atom. The Balaban J connectivity index is 1.22. The molecule has 9 aromatic carbocycles. The van der Waals surface area contributed by atoms with Crippen molar-refractivity contribution in [2.75, 3.05) is 0 Å². The molecule has 0 N–H and O–H groups in total. The number of para-hydroxylation sites is 4. The quantitative estimate of drug-likeness (QED) is 0.156. The summed E-state index contributed by atoms with van der Waals surface area (Å²) in [6.07, 6.45) is 0. The first-order valence-electron chi connectivity index (χ1n) is 21.6. The summed E-state index contributed by atoms with van der Waals surface area (Å²) in [4.78, 5) is 11.4. The number of fused-ring (bicyclic) bond motifs is 10. The number of aromatic nitrogens is 4. The Hall–Kier alpha value is -7.80. The number of hydrogen-bond acceptors (Lipinski definition) is 2. The third kappa shape index (κ3) is 5.16. The van der Waals surface area contributed by atoms with Gasteiger partial charge in [0.2, 0.25) is 0 Å². The second-order valence-electron chi connectivity index (χ2n) is 16.4. The average Bonchev–Trinajstić information content (AvgIpc) is 3.99. The van der Waals surface area contributed by atoms with Gasteiger partial charge >= 0.3 is 369 Å². The molecule has 5 heteroatoms. The Kier molecular flexibility index (Phi) is 8.05. The Bertz CT molecular complexity index is 3690. The maximum atomic E-state index is 5.82. The van der Waals surface area contributed by atoms with Crippen molar-refractivity contribution in [3.8, 4) is 45.3 Å². The van der Waals surface area contributed by atoms with Crippen LogP contribution in [0, 0.1) is 0 Å². The molecule has 0 bridgehead atoms. The van der Waals surface area contributed by atoms with E-state index in [1.165, 1.54) is 55.7 Å². The van der Waals surface area contributed by atoms with E-state index in [0.717, 1.165) is 50.7 Å². The molecular formula is C58H38GeN4. The number of rotatable bonds is 6. The summed E-state index contributed by atoms with van der Waals surface area (Å²) < 4.78 is 10.4. The first kappa shape index (κ1) is 35.9. The number of nitrogens with zero attached hydrogens (tertiary/aromatic N) is 4. The van der Waals surface area contributed by atoms with Gasteiger partial charge in [-0.05, 0) is 0 Å². The second kappa shape index (κ2) is 14.1. The molecule has 0 radical (unpaired) electrons. The van der Waals surface area contributed by atoms with E-state index in [4.69, 9.17) is 9.97 Å². The van der Waals surface area contributed by atoms with E-state index in [-0.39, 0.29) is 0 Å². The van der Waals surface area contributed by atoms with Gasteiger partial charge in [-0.25, -0.2) is 0 Å². The molecule has 0 spiro atoms. The zero-order valence-electron chi connectivity index (χ0n) is 34.2. The molecule has 0 atom stereocenters. The monoisotopic (exact) mass is 864 g/mol. The van der Waals surface area contributed by atoms with Gasteiger partial charge in [0.1, 0.15) is 0 Å². The Morgan fingerprint density at radius 3 is 1.44 bits per heavy atom. The molecule has 0 saturated heterocycles. The molecule has 4 heterocycles. The van der Waals surface area contributed by atoms with Crippen LogP contribution in [-0.4, -0.2) is 32.4 Å². The van der Waals surface area contributed by atoms with E-state index in [1.807, 2.05) is 0 Å². The Labute approximate surface area is 367 Å². The summed E-state index contributed by atoms with van der Waals surface area (Å²) in [7, 11) is 0. The fraction of sp³-hybridized carbons (Fsp3) is 0. The first-order chi connectivity index (χ1) is 31.3. The topological polar surface area (TPSA) is 35.6 Å². The van der Waals surface area contributed by atoms with Crippen molar-refractivity contribution >= 4 is 74.5 Å². The van der Waals surface area contributed by atoms with Crippen molar-refractivity contribution in [1.29, 1.82) is 0 Å². The second-order valence-corrected chi connectivity index (χ2v) is 24.2. The summed E-state index contributed by atoms with van der Waals surface area (Å²) in [5, 5.41) is 4.86. The summed E-state index contributed by atoms with van der Waals surface area (Å²) in [6.45, 7) is 0. The van der Waals surface area contributed by atoms with E-state index in [9.17, 15) is 0 Å². The molecule has 13 rings (SSSR count). The zero-order valence-corrected chi connectivity index (χ0v) is 36.3. The van der Waals surface area contributed by atoms with Crippen molar-refractivity contribution < 1.29 is 0 Å². The van der Waals surface area contributed by atoms with Crippen LogP contribution >= 0.6 is 0 Å². The van der Waals surface area contributed by atoms with Gasteiger partial charge in [-0.1, -0.05) is 0 Å². The predicted molar refractivity (Wildman–Crippen MR) is 264 cm³/mol. The van der Waals surface area contributed by atoms with Crippen LogP contribution in [0.15, 0.2) is 231 Å². The van der Waals surface area contributed by atoms with Crippen molar-refractivity contribution in [3.63, 3.8) is 0 Å². The fourth-order valence-corrected chi connectivity index (χ4v) is 21.7. The van der Waals surface area contributed by atoms with Crippen LogP contribution in [0.25, 0.3) is 88.9 Å². The predicted octanol–water partition coefficient (Wildman–Crippen LogP) is 11.4. The molecule has 3 aromatic heterocycles. The van der Waals surface area contributed by atoms with E-state index >= 15 is 0 Å². The zero-order chi connectivity index (χ0) is 41.5. The van der Waals surface area contributed by atoms with Crippen LogP contribution < -0.4 is 17.6 Å². The van der Waals surface area contributed by atoms with Crippen LogP contribution in [-0.2, 0) is 0 Å². The molecule has 4 nitrogen and oxygen atoms in total. The molecule has 0 aliphatic carbocycles. The van der Waals surface area contributed by atoms with Gasteiger partial charge in [0.25, 0.3) is 0 Å². The standard InChI is InChI=1S/C58H38GeN4/c1-5-21-39(22-6-1)58-60-54-47-31-13-17-33-49(47)59(40-23-7-2-8-24-40,41-25-9-3-10-26-41)53(54)55(61-58)48-32-16-20-36-52(48)63-51-35-19-15-30-44(51)46-38-37-45-43-29-14-18-34-50(43)62(56(45)57(46)63)42-27-11-4-12-28-42/h1-38H. The molecule has 1 aliphatic rings. The van der Waals surface area contributed by atoms with Crippen LogP contribution in [0.5, 0.6) is 0 Å². The number of benzene rings is 9. The minimum absolute atomic E-state index is 0.724. The van der Waals surface area contributed by atoms with Gasteiger partial charge in [-0.2, -0.15) is 0 Å². The molecule has 294 valence electrons. The normalized spacial score (nSPS) is 12.9. The van der Waals surface area contributed by atoms with Crippen LogP contribution in [0.4, 0.5) is 0 Å². The average molecular weight is 864 g/mol. The molecule has 12 aromatic rings. The van der Waals surface area contributed by atoms with Crippen LogP contribution in [0.2, 0.25) is 0 Å². The van der Waals surface area contributed by atoms with Crippen LogP contribution in [0.1, 0.15) is 0 Å². The van der Waals surface area contributed by atoms with Crippen molar-refractivity contribution in [2.24, 2.45) is 0 Å². The molecule has 0 fully saturated rings. The minimum atomic E-state index is -3.86. The third-order valence-electron chi connectivity index (χ3n) is 13.2. The Morgan fingerprint density at radius 2 is 0.810 bits per heavy atom. The van der Waals surface area contributed by atoms with Gasteiger partial charge in [0, 0.05) is 0 Å². The maximum absolute atomic E-state index is 5.82. The molecule has 0 saturated carbocycles. The van der Waals surface area contributed by atoms with E-state index in [2.05, 4.69) is 240 Å². The first-order valence-corrected chi connectivity index (χ1v) is 25.8. The van der Waals surface area contributed by atoms with Crippen molar-refractivity contribution in [2.45, 2.75) is 0 Å². The molecule has 0 unspecified atom stereocenters. The summed E-state index contributed by atoms with van der Waals surface area (Å²) in [6, 6.07) is 84.1. The van der Waals surface area contributed by atoms with Crippen molar-refractivity contribution in [3.05, 3.63) is 231 Å². The van der Waals surface area contributed by atoms with E-state index in [0.29, 0.717) is 0 Å².